The summed E-state index contributed by atoms with van der Waals surface area (Å²) in [5, 5.41) is 9.94. The fourth-order valence-electron chi connectivity index (χ4n) is 2.70. The molecule has 3 atom stereocenters. The van der Waals surface area contributed by atoms with E-state index in [1.165, 1.54) is 12.8 Å². The molecule has 2 aliphatic heterocycles. The summed E-state index contributed by atoms with van der Waals surface area (Å²) in [5.41, 5.74) is 0. The summed E-state index contributed by atoms with van der Waals surface area (Å²) in [5.74, 6) is 0.269. The van der Waals surface area contributed by atoms with Gasteiger partial charge in [0.1, 0.15) is 0 Å². The van der Waals surface area contributed by atoms with Crippen LogP contribution in [0.25, 0.3) is 0 Å². The zero-order valence-corrected chi connectivity index (χ0v) is 10.8. The Morgan fingerprint density at radius 2 is 2.12 bits per heavy atom. The van der Waals surface area contributed by atoms with Crippen LogP contribution in [0.3, 0.4) is 0 Å². The molecular weight excluding hydrogens is 218 g/mol. The lowest BCUT2D eigenvalue weighted by molar-refractivity contribution is -0.0499. The lowest BCUT2D eigenvalue weighted by atomic mass is 9.98. The number of hydrogen-bond acceptors (Lipinski definition) is 4. The average molecular weight is 243 g/mol. The topological polar surface area (TPSA) is 41.9 Å². The van der Waals surface area contributed by atoms with Crippen molar-refractivity contribution in [3.63, 3.8) is 0 Å². The van der Waals surface area contributed by atoms with Crippen molar-refractivity contribution in [3.8, 4) is 0 Å². The third-order valence-corrected chi connectivity index (χ3v) is 3.86. The summed E-state index contributed by atoms with van der Waals surface area (Å²) in [6.07, 6.45) is 3.36. The Labute approximate surface area is 104 Å². The number of nitrogens with zero attached hydrogens (tertiary/aromatic N) is 1. The van der Waals surface area contributed by atoms with Crippen molar-refractivity contribution in [1.29, 1.82) is 0 Å². The summed E-state index contributed by atoms with van der Waals surface area (Å²) in [6.45, 7) is 7.43. The maximum absolute atomic E-state index is 9.94. The largest absolute Gasteiger partial charge is 0.393 e. The Bertz CT molecular complexity index is 219. The van der Waals surface area contributed by atoms with E-state index in [1.54, 1.807) is 0 Å². The van der Waals surface area contributed by atoms with E-state index in [-0.39, 0.29) is 12.0 Å². The minimum absolute atomic E-state index is 0.192. The Kier molecular flexibility index (Phi) is 5.22. The highest BCUT2D eigenvalue weighted by molar-refractivity contribution is 4.78. The van der Waals surface area contributed by atoms with E-state index >= 15 is 0 Å². The molecule has 0 aromatic carbocycles. The molecule has 0 amide bonds. The minimum Gasteiger partial charge on any atom is -0.393 e. The van der Waals surface area contributed by atoms with Crippen molar-refractivity contribution in [3.05, 3.63) is 0 Å². The molecule has 4 nitrogen and oxygen atoms in total. The van der Waals surface area contributed by atoms with Crippen LogP contribution in [0.1, 0.15) is 26.2 Å². The van der Waals surface area contributed by atoms with Crippen molar-refractivity contribution in [2.75, 3.05) is 39.5 Å². The molecule has 0 aromatic rings. The number of hydrogen-bond donors (Lipinski definition) is 1. The van der Waals surface area contributed by atoms with Crippen LogP contribution in [0.4, 0.5) is 0 Å². The van der Waals surface area contributed by atoms with Crippen LogP contribution in [-0.2, 0) is 9.47 Å². The molecule has 17 heavy (non-hydrogen) atoms. The second-order valence-corrected chi connectivity index (χ2v) is 5.18. The Morgan fingerprint density at radius 1 is 1.24 bits per heavy atom. The van der Waals surface area contributed by atoms with Gasteiger partial charge in [0.25, 0.3) is 0 Å². The van der Waals surface area contributed by atoms with Gasteiger partial charge in [0.15, 0.2) is 0 Å². The van der Waals surface area contributed by atoms with Gasteiger partial charge in [-0.1, -0.05) is 6.92 Å². The van der Waals surface area contributed by atoms with Crippen LogP contribution >= 0.6 is 0 Å². The molecule has 4 heteroatoms. The summed E-state index contributed by atoms with van der Waals surface area (Å²) in [6, 6.07) is 0. The van der Waals surface area contributed by atoms with Crippen molar-refractivity contribution in [2.45, 2.75) is 38.4 Å². The van der Waals surface area contributed by atoms with Crippen molar-refractivity contribution in [1.82, 2.24) is 4.90 Å². The Hall–Kier alpha value is -0.160. The van der Waals surface area contributed by atoms with Gasteiger partial charge in [0, 0.05) is 32.2 Å². The van der Waals surface area contributed by atoms with Crippen LogP contribution in [0.2, 0.25) is 0 Å². The Balaban J connectivity index is 1.76. The number of rotatable bonds is 5. The first-order valence-corrected chi connectivity index (χ1v) is 6.89. The molecule has 3 unspecified atom stereocenters. The fraction of sp³-hybridized carbons (Fsp3) is 1.00. The lowest BCUT2D eigenvalue weighted by Crippen LogP contribution is -2.43. The highest BCUT2D eigenvalue weighted by Crippen LogP contribution is 2.18. The predicted octanol–water partition coefficient (Wildman–Crippen LogP) is 0.885. The number of ether oxygens (including phenoxy) is 2. The zero-order chi connectivity index (χ0) is 12.1. The van der Waals surface area contributed by atoms with Crippen LogP contribution < -0.4 is 0 Å². The standard InChI is InChI=1S/C13H25NO3/c1-2-14(9-12-4-3-6-17-12)8-11-10-16-7-5-13(11)15/h11-13,15H,2-10H2,1H3. The third kappa shape index (κ3) is 3.91. The molecule has 1 N–H and O–H groups in total. The third-order valence-electron chi connectivity index (χ3n) is 3.86. The summed E-state index contributed by atoms with van der Waals surface area (Å²) >= 11 is 0. The highest BCUT2D eigenvalue weighted by Gasteiger charge is 2.27. The molecule has 2 heterocycles. The summed E-state index contributed by atoms with van der Waals surface area (Å²) in [4.78, 5) is 2.39. The van der Waals surface area contributed by atoms with E-state index in [1.807, 2.05) is 0 Å². The molecule has 0 aromatic heterocycles. The second-order valence-electron chi connectivity index (χ2n) is 5.18. The average Bonchev–Trinajstić information content (AvgIpc) is 2.84. The quantitative estimate of drug-likeness (QED) is 0.778. The van der Waals surface area contributed by atoms with E-state index in [9.17, 15) is 5.11 Å². The highest BCUT2D eigenvalue weighted by atomic mass is 16.5. The first kappa shape index (κ1) is 13.3. The molecular formula is C13H25NO3. The minimum atomic E-state index is -0.192. The van der Waals surface area contributed by atoms with E-state index in [4.69, 9.17) is 9.47 Å². The molecule has 0 radical (unpaired) electrons. The first-order valence-electron chi connectivity index (χ1n) is 6.89. The van der Waals surface area contributed by atoms with Gasteiger partial charge in [-0.3, -0.25) is 0 Å². The predicted molar refractivity (Wildman–Crippen MR) is 66.0 cm³/mol. The molecule has 0 saturated carbocycles. The monoisotopic (exact) mass is 243 g/mol. The van der Waals surface area contributed by atoms with Crippen LogP contribution in [0.15, 0.2) is 0 Å². The van der Waals surface area contributed by atoms with Gasteiger partial charge in [-0.15, -0.1) is 0 Å². The number of likely N-dealkylation sites (N-methyl/N-ethyl adjacent to an activating group) is 1. The van der Waals surface area contributed by atoms with Crippen LogP contribution in [0, 0.1) is 5.92 Å². The molecule has 2 aliphatic rings. The van der Waals surface area contributed by atoms with E-state index in [2.05, 4.69) is 11.8 Å². The van der Waals surface area contributed by atoms with Gasteiger partial charge < -0.3 is 19.5 Å². The molecule has 2 rings (SSSR count). The summed E-state index contributed by atoms with van der Waals surface area (Å²) in [7, 11) is 0. The van der Waals surface area contributed by atoms with E-state index in [0.717, 1.165) is 32.7 Å². The molecule has 0 bridgehead atoms. The van der Waals surface area contributed by atoms with Gasteiger partial charge >= 0.3 is 0 Å². The van der Waals surface area contributed by atoms with Crippen LogP contribution in [0.5, 0.6) is 0 Å². The second kappa shape index (κ2) is 6.69. The van der Waals surface area contributed by atoms with Gasteiger partial charge in [-0.2, -0.15) is 0 Å². The number of aliphatic hydroxyl groups is 1. The summed E-state index contributed by atoms with van der Waals surface area (Å²) < 4.78 is 11.1. The normalized spacial score (nSPS) is 34.4. The molecule has 0 spiro atoms. The van der Waals surface area contributed by atoms with Gasteiger partial charge in [0.2, 0.25) is 0 Å². The first-order chi connectivity index (χ1) is 8.29. The molecule has 2 fully saturated rings. The van der Waals surface area contributed by atoms with Crippen molar-refractivity contribution >= 4 is 0 Å². The molecule has 2 saturated heterocycles. The van der Waals surface area contributed by atoms with Gasteiger partial charge in [0.05, 0.1) is 18.8 Å². The number of aliphatic hydroxyl groups excluding tert-OH is 1. The van der Waals surface area contributed by atoms with E-state index in [0.29, 0.717) is 19.3 Å². The van der Waals surface area contributed by atoms with Crippen molar-refractivity contribution in [2.24, 2.45) is 5.92 Å². The molecule has 0 aliphatic carbocycles. The smallest absolute Gasteiger partial charge is 0.0702 e. The SMILES string of the molecule is CCN(CC1CCCO1)CC1COCCC1O. The maximum atomic E-state index is 9.94. The van der Waals surface area contributed by atoms with Gasteiger partial charge in [-0.05, 0) is 25.8 Å². The van der Waals surface area contributed by atoms with E-state index < -0.39 is 0 Å². The van der Waals surface area contributed by atoms with Crippen LogP contribution in [-0.4, -0.2) is 61.7 Å². The fourth-order valence-corrected chi connectivity index (χ4v) is 2.70. The van der Waals surface area contributed by atoms with Crippen molar-refractivity contribution < 1.29 is 14.6 Å². The maximum Gasteiger partial charge on any atom is 0.0702 e. The van der Waals surface area contributed by atoms with Gasteiger partial charge in [-0.25, -0.2) is 0 Å². The lowest BCUT2D eigenvalue weighted by Gasteiger charge is -2.33. The Morgan fingerprint density at radius 3 is 2.76 bits per heavy atom. The zero-order valence-electron chi connectivity index (χ0n) is 10.8. The molecule has 100 valence electrons.